The van der Waals surface area contributed by atoms with E-state index in [2.05, 4.69) is 62.1 Å². The molecular formula is C23H26N4O. The van der Waals surface area contributed by atoms with Crippen LogP contribution in [-0.2, 0) is 12.0 Å². The Hall–Kier alpha value is -2.92. The van der Waals surface area contributed by atoms with Crippen molar-refractivity contribution in [3.05, 3.63) is 72.1 Å². The minimum atomic E-state index is 0.0549. The Bertz CT molecular complexity index is 988. The summed E-state index contributed by atoms with van der Waals surface area (Å²) in [7, 11) is 0. The summed E-state index contributed by atoms with van der Waals surface area (Å²) in [5.74, 6) is 1.83. The minimum Gasteiger partial charge on any atom is -0.508 e. The fraction of sp³-hybridized carbons (Fsp3) is 0.304. The lowest BCUT2D eigenvalue weighted by atomic mass is 9.87. The van der Waals surface area contributed by atoms with E-state index in [1.807, 2.05) is 16.8 Å². The van der Waals surface area contributed by atoms with E-state index < -0.39 is 0 Å². The molecule has 144 valence electrons. The van der Waals surface area contributed by atoms with Gasteiger partial charge in [-0.2, -0.15) is 0 Å². The lowest BCUT2D eigenvalue weighted by molar-refractivity contribution is 0.336. The summed E-state index contributed by atoms with van der Waals surface area (Å²) in [4.78, 5) is 7.14. The Balaban J connectivity index is 1.78. The van der Waals surface area contributed by atoms with Crippen molar-refractivity contribution in [2.24, 2.45) is 0 Å². The maximum atomic E-state index is 9.65. The SMILES string of the molecule is CC(C)(C)c1cccc(-n2nc(CN3CC=CC3)nc2-c2ccc(O)cc2)c1. The van der Waals surface area contributed by atoms with Crippen LogP contribution < -0.4 is 0 Å². The summed E-state index contributed by atoms with van der Waals surface area (Å²) < 4.78 is 1.92. The third-order valence-corrected chi connectivity index (χ3v) is 4.99. The van der Waals surface area contributed by atoms with E-state index in [1.54, 1.807) is 12.1 Å². The van der Waals surface area contributed by atoms with E-state index in [4.69, 9.17) is 10.1 Å². The van der Waals surface area contributed by atoms with E-state index in [-0.39, 0.29) is 11.2 Å². The second-order valence-corrected chi connectivity index (χ2v) is 8.28. The van der Waals surface area contributed by atoms with Crippen LogP contribution in [0.3, 0.4) is 0 Å². The van der Waals surface area contributed by atoms with Crippen LogP contribution in [0.4, 0.5) is 0 Å². The first-order valence-corrected chi connectivity index (χ1v) is 9.64. The van der Waals surface area contributed by atoms with Crippen LogP contribution in [0, 0.1) is 0 Å². The van der Waals surface area contributed by atoms with Gasteiger partial charge >= 0.3 is 0 Å². The van der Waals surface area contributed by atoms with Crippen molar-refractivity contribution >= 4 is 0 Å². The molecular weight excluding hydrogens is 348 g/mol. The van der Waals surface area contributed by atoms with Gasteiger partial charge in [0.2, 0.25) is 0 Å². The van der Waals surface area contributed by atoms with Crippen molar-refractivity contribution < 1.29 is 5.11 Å². The van der Waals surface area contributed by atoms with Gasteiger partial charge in [-0.25, -0.2) is 9.67 Å². The molecule has 4 rings (SSSR count). The highest BCUT2D eigenvalue weighted by atomic mass is 16.3. The van der Waals surface area contributed by atoms with Crippen molar-refractivity contribution in [3.63, 3.8) is 0 Å². The maximum absolute atomic E-state index is 9.65. The molecule has 0 aliphatic carbocycles. The Kier molecular flexibility index (Phi) is 4.77. The predicted molar refractivity (Wildman–Crippen MR) is 112 cm³/mol. The van der Waals surface area contributed by atoms with Gasteiger partial charge < -0.3 is 5.11 Å². The molecule has 1 N–H and O–H groups in total. The van der Waals surface area contributed by atoms with Crippen molar-refractivity contribution in [2.45, 2.75) is 32.7 Å². The van der Waals surface area contributed by atoms with Gasteiger partial charge in [0.05, 0.1) is 12.2 Å². The second-order valence-electron chi connectivity index (χ2n) is 8.28. The molecule has 0 fully saturated rings. The number of phenols is 1. The third-order valence-electron chi connectivity index (χ3n) is 4.99. The maximum Gasteiger partial charge on any atom is 0.165 e. The molecule has 0 saturated carbocycles. The molecule has 0 saturated heterocycles. The first-order chi connectivity index (χ1) is 13.4. The molecule has 0 radical (unpaired) electrons. The fourth-order valence-corrected chi connectivity index (χ4v) is 3.35. The fourth-order valence-electron chi connectivity index (χ4n) is 3.35. The van der Waals surface area contributed by atoms with Gasteiger partial charge in [-0.1, -0.05) is 45.1 Å². The molecule has 28 heavy (non-hydrogen) atoms. The van der Waals surface area contributed by atoms with Crippen molar-refractivity contribution in [1.82, 2.24) is 19.7 Å². The van der Waals surface area contributed by atoms with Crippen LogP contribution in [0.2, 0.25) is 0 Å². The number of rotatable bonds is 4. The number of aromatic hydroxyl groups is 1. The number of hydrogen-bond donors (Lipinski definition) is 1. The molecule has 0 spiro atoms. The molecule has 0 atom stereocenters. The van der Waals surface area contributed by atoms with E-state index in [0.29, 0.717) is 6.54 Å². The molecule has 2 heterocycles. The van der Waals surface area contributed by atoms with Gasteiger partial charge in [0, 0.05) is 18.7 Å². The Morgan fingerprint density at radius 3 is 2.39 bits per heavy atom. The van der Waals surface area contributed by atoms with E-state index in [0.717, 1.165) is 36.0 Å². The summed E-state index contributed by atoms with van der Waals surface area (Å²) in [6.45, 7) is 9.20. The third kappa shape index (κ3) is 3.85. The topological polar surface area (TPSA) is 54.2 Å². The monoisotopic (exact) mass is 374 g/mol. The summed E-state index contributed by atoms with van der Waals surface area (Å²) >= 11 is 0. The highest BCUT2D eigenvalue weighted by Gasteiger charge is 2.19. The normalized spacial score (nSPS) is 14.7. The zero-order chi connectivity index (χ0) is 19.7. The van der Waals surface area contributed by atoms with Gasteiger partial charge in [0.25, 0.3) is 0 Å². The largest absolute Gasteiger partial charge is 0.508 e. The first-order valence-electron chi connectivity index (χ1n) is 9.64. The average molecular weight is 374 g/mol. The molecule has 1 aliphatic rings. The summed E-state index contributed by atoms with van der Waals surface area (Å²) in [6.07, 6.45) is 4.34. The number of aromatic nitrogens is 3. The van der Waals surface area contributed by atoms with E-state index in [1.165, 1.54) is 5.56 Å². The van der Waals surface area contributed by atoms with Gasteiger partial charge in [-0.15, -0.1) is 5.10 Å². The van der Waals surface area contributed by atoms with Gasteiger partial charge in [-0.3, -0.25) is 4.90 Å². The Morgan fingerprint density at radius 1 is 1.00 bits per heavy atom. The van der Waals surface area contributed by atoms with Crippen LogP contribution in [0.15, 0.2) is 60.7 Å². The predicted octanol–water partition coefficient (Wildman–Crippen LogP) is 4.31. The van der Waals surface area contributed by atoms with Crippen LogP contribution in [-0.4, -0.2) is 37.9 Å². The van der Waals surface area contributed by atoms with E-state index >= 15 is 0 Å². The minimum absolute atomic E-state index is 0.0549. The molecule has 0 bridgehead atoms. The molecule has 1 aromatic heterocycles. The quantitative estimate of drug-likeness (QED) is 0.692. The molecule has 1 aliphatic heterocycles. The summed E-state index contributed by atoms with van der Waals surface area (Å²) in [5, 5.41) is 14.5. The molecule has 0 unspecified atom stereocenters. The lowest BCUT2D eigenvalue weighted by Crippen LogP contribution is -2.20. The zero-order valence-electron chi connectivity index (χ0n) is 16.6. The first kappa shape index (κ1) is 18.4. The standard InChI is InChI=1S/C23H26N4O/c1-23(2,3)18-7-6-8-19(15-18)27-22(17-9-11-20(28)12-10-17)24-21(25-27)16-26-13-4-5-14-26/h4-12,15,28H,13-14,16H2,1-3H3. The average Bonchev–Trinajstić information content (AvgIpc) is 3.32. The smallest absolute Gasteiger partial charge is 0.165 e. The van der Waals surface area contributed by atoms with Crippen LogP contribution in [0.1, 0.15) is 32.2 Å². The van der Waals surface area contributed by atoms with Crippen molar-refractivity contribution in [2.75, 3.05) is 13.1 Å². The highest BCUT2D eigenvalue weighted by molar-refractivity contribution is 5.59. The van der Waals surface area contributed by atoms with Crippen LogP contribution >= 0.6 is 0 Å². The van der Waals surface area contributed by atoms with Crippen molar-refractivity contribution in [3.8, 4) is 22.8 Å². The second kappa shape index (κ2) is 7.24. The Labute approximate surface area is 166 Å². The van der Waals surface area contributed by atoms with Crippen LogP contribution in [0.5, 0.6) is 5.75 Å². The number of phenolic OH excluding ortho intramolecular Hbond substituents is 1. The van der Waals surface area contributed by atoms with Gasteiger partial charge in [0.15, 0.2) is 11.6 Å². The zero-order valence-corrected chi connectivity index (χ0v) is 16.6. The van der Waals surface area contributed by atoms with Crippen molar-refractivity contribution in [1.29, 1.82) is 0 Å². The number of hydrogen-bond acceptors (Lipinski definition) is 4. The van der Waals surface area contributed by atoms with Gasteiger partial charge in [0.1, 0.15) is 5.75 Å². The molecule has 2 aromatic carbocycles. The number of nitrogens with zero attached hydrogens (tertiary/aromatic N) is 4. The van der Waals surface area contributed by atoms with E-state index in [9.17, 15) is 5.11 Å². The molecule has 3 aromatic rings. The number of benzene rings is 2. The summed E-state index contributed by atoms with van der Waals surface area (Å²) in [6, 6.07) is 15.6. The van der Waals surface area contributed by atoms with Gasteiger partial charge in [-0.05, 0) is 47.4 Å². The molecule has 0 amide bonds. The lowest BCUT2D eigenvalue weighted by Gasteiger charge is -2.20. The van der Waals surface area contributed by atoms with Crippen LogP contribution in [0.25, 0.3) is 17.1 Å². The molecule has 5 heteroatoms. The molecule has 5 nitrogen and oxygen atoms in total. The Morgan fingerprint density at radius 2 is 1.71 bits per heavy atom. The summed E-state index contributed by atoms with van der Waals surface area (Å²) in [5.41, 5.74) is 3.23. The highest BCUT2D eigenvalue weighted by Crippen LogP contribution is 2.27.